The summed E-state index contributed by atoms with van der Waals surface area (Å²) in [6.07, 6.45) is 6.28. The molecule has 6 nitrogen and oxygen atoms in total. The minimum atomic E-state index is -0.550. The quantitative estimate of drug-likeness (QED) is 0.617. The van der Waals surface area contributed by atoms with Crippen LogP contribution < -0.4 is 15.0 Å². The van der Waals surface area contributed by atoms with E-state index in [1.807, 2.05) is 17.0 Å². The van der Waals surface area contributed by atoms with Gasteiger partial charge in [-0.15, -0.1) is 0 Å². The summed E-state index contributed by atoms with van der Waals surface area (Å²) < 4.78 is 20.7. The number of benzene rings is 2. The number of fused-ring (bicyclic) bond motifs is 4. The fourth-order valence-corrected chi connectivity index (χ4v) is 6.72. The van der Waals surface area contributed by atoms with Gasteiger partial charge in [-0.25, -0.2) is 9.18 Å². The van der Waals surface area contributed by atoms with Gasteiger partial charge in [0.25, 0.3) is 0 Å². The number of amidine groups is 1. The van der Waals surface area contributed by atoms with E-state index in [1.54, 1.807) is 0 Å². The number of amides is 2. The smallest absolute Gasteiger partial charge is 0.328 e. The van der Waals surface area contributed by atoms with E-state index in [-0.39, 0.29) is 23.4 Å². The zero-order valence-electron chi connectivity index (χ0n) is 21.0. The fraction of sp³-hybridized carbons (Fsp3) is 0.517. The summed E-state index contributed by atoms with van der Waals surface area (Å²) in [5, 5.41) is 3.10. The van der Waals surface area contributed by atoms with Gasteiger partial charge in [-0.2, -0.15) is 0 Å². The number of hydrogen-bond donors (Lipinski definition) is 1. The monoisotopic (exact) mass is 488 g/mol. The Labute approximate surface area is 211 Å². The van der Waals surface area contributed by atoms with Crippen molar-refractivity contribution in [3.05, 3.63) is 59.4 Å². The summed E-state index contributed by atoms with van der Waals surface area (Å²) in [5.41, 5.74) is 1.95. The topological polar surface area (TPSA) is 57.2 Å². The second kappa shape index (κ2) is 7.78. The van der Waals surface area contributed by atoms with Gasteiger partial charge in [-0.1, -0.05) is 25.1 Å². The van der Waals surface area contributed by atoms with E-state index in [1.165, 1.54) is 24.1 Å². The first kappa shape index (κ1) is 22.3. The highest BCUT2D eigenvalue weighted by Gasteiger charge is 2.62. The molecule has 36 heavy (non-hydrogen) atoms. The Kier molecular flexibility index (Phi) is 4.82. The highest BCUT2D eigenvalue weighted by atomic mass is 19.1. The number of carbonyl (C=O) groups is 1. The number of carbonyl (C=O) groups excluding carboxylic acids is 1. The summed E-state index contributed by atoms with van der Waals surface area (Å²) >= 11 is 0. The van der Waals surface area contributed by atoms with E-state index in [9.17, 15) is 9.18 Å². The van der Waals surface area contributed by atoms with Crippen LogP contribution in [0.5, 0.6) is 5.75 Å². The third kappa shape index (κ3) is 3.31. The number of anilines is 1. The normalized spacial score (nSPS) is 34.1. The van der Waals surface area contributed by atoms with Gasteiger partial charge in [0.15, 0.2) is 0 Å². The van der Waals surface area contributed by atoms with Gasteiger partial charge in [0.1, 0.15) is 29.0 Å². The Morgan fingerprint density at radius 2 is 2.06 bits per heavy atom. The highest BCUT2D eigenvalue weighted by molar-refractivity contribution is 6.20. The first-order chi connectivity index (χ1) is 17.4. The number of rotatable bonds is 5. The maximum absolute atomic E-state index is 14.6. The summed E-state index contributed by atoms with van der Waals surface area (Å²) in [5.74, 6) is 2.02. The largest absolute Gasteiger partial charge is 0.490 e. The molecule has 0 aromatic heterocycles. The summed E-state index contributed by atoms with van der Waals surface area (Å²) in [6.45, 7) is 6.04. The van der Waals surface area contributed by atoms with Crippen LogP contribution in [-0.2, 0) is 12.1 Å². The first-order valence-corrected chi connectivity index (χ1v) is 13.4. The van der Waals surface area contributed by atoms with Crippen molar-refractivity contribution in [2.45, 2.75) is 82.1 Å². The van der Waals surface area contributed by atoms with Crippen molar-refractivity contribution < 1.29 is 13.9 Å². The van der Waals surface area contributed by atoms with Crippen molar-refractivity contribution in [3.63, 3.8) is 0 Å². The number of ether oxygens (including phenoxy) is 1. The molecular weight excluding hydrogens is 455 g/mol. The second-order valence-electron chi connectivity index (χ2n) is 11.7. The number of likely N-dealkylation sites (tertiary alicyclic amines) is 1. The van der Waals surface area contributed by atoms with Crippen LogP contribution in [0.25, 0.3) is 0 Å². The van der Waals surface area contributed by atoms with Crippen LogP contribution in [-0.4, -0.2) is 41.0 Å². The summed E-state index contributed by atoms with van der Waals surface area (Å²) in [7, 11) is 0. The summed E-state index contributed by atoms with van der Waals surface area (Å²) in [6, 6.07) is 13.4. The number of halogens is 1. The number of aliphatic imine (C=N–C) groups is 1. The molecule has 2 aromatic carbocycles. The molecule has 4 fully saturated rings. The molecule has 7 heteroatoms. The SMILES string of the molecule is C[C@@H]1C[C@@H]1Oc1cccc(CN2CC[C@]34CC2(C)c2ccc(F)cc2N3C(=O)NC4=NC2CCC2)c1. The van der Waals surface area contributed by atoms with Crippen LogP contribution in [0.2, 0.25) is 0 Å². The second-order valence-corrected chi connectivity index (χ2v) is 11.7. The van der Waals surface area contributed by atoms with Gasteiger partial charge in [-0.05, 0) is 80.3 Å². The minimum absolute atomic E-state index is 0.186. The average molecular weight is 489 g/mol. The number of urea groups is 1. The third-order valence-corrected chi connectivity index (χ3v) is 9.19. The molecule has 5 aliphatic rings. The van der Waals surface area contributed by atoms with Crippen LogP contribution in [0.4, 0.5) is 14.9 Å². The molecule has 4 atom stereocenters. The van der Waals surface area contributed by atoms with Crippen molar-refractivity contribution in [3.8, 4) is 5.75 Å². The molecular formula is C29H33FN4O2. The Balaban J connectivity index is 1.26. The van der Waals surface area contributed by atoms with E-state index in [4.69, 9.17) is 9.73 Å². The van der Waals surface area contributed by atoms with Crippen molar-refractivity contribution in [1.29, 1.82) is 0 Å². The molecule has 2 aromatic rings. The van der Waals surface area contributed by atoms with Gasteiger partial charge in [-0.3, -0.25) is 20.1 Å². The number of nitrogens with zero attached hydrogens (tertiary/aromatic N) is 3. The van der Waals surface area contributed by atoms with Gasteiger partial charge in [0.2, 0.25) is 0 Å². The maximum atomic E-state index is 14.6. The minimum Gasteiger partial charge on any atom is -0.490 e. The lowest BCUT2D eigenvalue weighted by molar-refractivity contribution is 0.0224. The zero-order valence-corrected chi connectivity index (χ0v) is 21.0. The van der Waals surface area contributed by atoms with Crippen molar-refractivity contribution in [2.24, 2.45) is 10.9 Å². The molecule has 3 heterocycles. The van der Waals surface area contributed by atoms with E-state index >= 15 is 0 Å². The third-order valence-electron chi connectivity index (χ3n) is 9.19. The average Bonchev–Trinajstić information content (AvgIpc) is 3.43. The Hall–Kier alpha value is -2.93. The highest BCUT2D eigenvalue weighted by Crippen LogP contribution is 2.55. The van der Waals surface area contributed by atoms with Crippen LogP contribution in [0, 0.1) is 11.7 Å². The Morgan fingerprint density at radius 1 is 1.22 bits per heavy atom. The van der Waals surface area contributed by atoms with Gasteiger partial charge in [0, 0.05) is 25.0 Å². The molecule has 1 N–H and O–H groups in total. The van der Waals surface area contributed by atoms with Crippen LogP contribution in [0.3, 0.4) is 0 Å². The van der Waals surface area contributed by atoms with Crippen LogP contribution >= 0.6 is 0 Å². The molecule has 2 saturated carbocycles. The Bertz CT molecular complexity index is 1280. The fourth-order valence-electron chi connectivity index (χ4n) is 6.72. The molecule has 2 saturated heterocycles. The predicted molar refractivity (Wildman–Crippen MR) is 137 cm³/mol. The molecule has 1 unspecified atom stereocenters. The molecule has 3 aliphatic heterocycles. The molecule has 0 radical (unpaired) electrons. The van der Waals surface area contributed by atoms with Gasteiger partial charge in [0.05, 0.1) is 11.7 Å². The van der Waals surface area contributed by atoms with Crippen LogP contribution in [0.15, 0.2) is 47.5 Å². The lowest BCUT2D eigenvalue weighted by Gasteiger charge is -2.58. The molecule has 7 rings (SSSR count). The lowest BCUT2D eigenvalue weighted by atomic mass is 9.67. The Morgan fingerprint density at radius 3 is 2.81 bits per heavy atom. The lowest BCUT2D eigenvalue weighted by Crippen LogP contribution is -2.66. The molecule has 2 amide bonds. The molecule has 188 valence electrons. The van der Waals surface area contributed by atoms with Crippen LogP contribution in [0.1, 0.15) is 63.5 Å². The number of piperidine rings is 1. The standard InChI is InChI=1S/C29H33FN4O2/c1-18-13-25(18)36-22-8-3-5-19(14-22)16-33-12-11-29-17-28(33,2)23-10-9-20(30)15-24(23)34(29)27(35)32-26(29)31-21-6-4-7-21/h3,5,8-10,14-15,18,21,25H,4,6-7,11-13,16-17H2,1-2H3,(H,31,32,35)/t18-,25+,28?,29-/m1/s1. The maximum Gasteiger partial charge on any atom is 0.328 e. The predicted octanol–water partition coefficient (Wildman–Crippen LogP) is 5.36. The van der Waals surface area contributed by atoms with Gasteiger partial charge < -0.3 is 4.74 Å². The van der Waals surface area contributed by atoms with Gasteiger partial charge >= 0.3 is 6.03 Å². The number of hydrogen-bond acceptors (Lipinski definition) is 4. The molecule has 1 spiro atoms. The van der Waals surface area contributed by atoms with E-state index in [0.717, 1.165) is 62.3 Å². The van der Waals surface area contributed by atoms with E-state index in [2.05, 4.69) is 42.3 Å². The molecule has 2 aliphatic carbocycles. The zero-order chi connectivity index (χ0) is 24.7. The van der Waals surface area contributed by atoms with Crippen molar-refractivity contribution in [1.82, 2.24) is 10.2 Å². The van der Waals surface area contributed by atoms with Crippen molar-refractivity contribution in [2.75, 3.05) is 11.4 Å². The van der Waals surface area contributed by atoms with E-state index < -0.39 is 5.54 Å². The number of nitrogens with one attached hydrogen (secondary N) is 1. The molecule has 2 bridgehead atoms. The van der Waals surface area contributed by atoms with Crippen molar-refractivity contribution >= 4 is 17.6 Å². The summed E-state index contributed by atoms with van der Waals surface area (Å²) in [4.78, 5) is 22.6. The first-order valence-electron chi connectivity index (χ1n) is 13.4. The van der Waals surface area contributed by atoms with E-state index in [0.29, 0.717) is 17.7 Å².